The minimum atomic E-state index is -0.347. The number of carbonyl (C=O) groups excluding carboxylic acids is 1. The third-order valence-electron chi connectivity index (χ3n) is 4.08. The Morgan fingerprint density at radius 3 is 2.64 bits per heavy atom. The van der Waals surface area contributed by atoms with Gasteiger partial charge in [-0.1, -0.05) is 30.3 Å². The number of nitrogens with zero attached hydrogens (tertiary/aromatic N) is 1. The van der Waals surface area contributed by atoms with Crippen molar-refractivity contribution in [3.63, 3.8) is 0 Å². The van der Waals surface area contributed by atoms with E-state index in [4.69, 9.17) is 0 Å². The number of hydrogen-bond acceptors (Lipinski definition) is 3. The number of Topliss-reactive ketones (excluding diaryl/α,β-unsaturated/α-hetero) is 1. The number of rotatable bonds is 1. The van der Waals surface area contributed by atoms with Gasteiger partial charge in [-0.05, 0) is 44.8 Å². The van der Waals surface area contributed by atoms with Crippen LogP contribution in [0.3, 0.4) is 0 Å². The molecule has 0 saturated heterocycles. The van der Waals surface area contributed by atoms with Crippen LogP contribution in [0.15, 0.2) is 42.5 Å². The molecule has 106 valence electrons. The van der Waals surface area contributed by atoms with Crippen molar-refractivity contribution in [3.05, 3.63) is 63.0 Å². The molecule has 0 aliphatic heterocycles. The van der Waals surface area contributed by atoms with Crippen molar-refractivity contribution in [3.8, 4) is 0 Å². The molecule has 1 aliphatic carbocycles. The molecule has 4 nitrogen and oxygen atoms in total. The second kappa shape index (κ2) is 4.49. The number of non-ortho nitro benzene ring substituents is 1. The van der Waals surface area contributed by atoms with Crippen molar-refractivity contribution < 1.29 is 9.72 Å². The van der Waals surface area contributed by atoms with Gasteiger partial charge >= 0.3 is 0 Å². The molecule has 0 bridgehead atoms. The molecule has 0 heterocycles. The van der Waals surface area contributed by atoms with Gasteiger partial charge in [-0.3, -0.25) is 14.9 Å². The van der Waals surface area contributed by atoms with Crippen LogP contribution in [0.2, 0.25) is 0 Å². The Morgan fingerprint density at radius 1 is 1.00 bits per heavy atom. The Balaban J connectivity index is 2.24. The Kier molecular flexibility index (Phi) is 2.60. The standard InChI is InChI=1S/C18H11NO3/c20-15-7-6-12-10-16-13(8-14(12)9-15)5-4-11-2-1-3-17(18(11)16)19(21)22/h1-6,8-10H,7H2. The largest absolute Gasteiger partial charge is 0.294 e. The summed E-state index contributed by atoms with van der Waals surface area (Å²) >= 11 is 0. The van der Waals surface area contributed by atoms with Crippen molar-refractivity contribution >= 4 is 45.2 Å². The average molecular weight is 289 g/mol. The van der Waals surface area contributed by atoms with Crippen LogP contribution in [0, 0.1) is 10.1 Å². The lowest BCUT2D eigenvalue weighted by atomic mass is 9.97. The highest BCUT2D eigenvalue weighted by Crippen LogP contribution is 2.31. The molecule has 0 spiro atoms. The molecule has 0 saturated carbocycles. The van der Waals surface area contributed by atoms with E-state index in [1.165, 1.54) is 6.07 Å². The Morgan fingerprint density at radius 2 is 1.82 bits per heavy atom. The molecule has 1 aliphatic rings. The molecule has 22 heavy (non-hydrogen) atoms. The van der Waals surface area contributed by atoms with Crippen LogP contribution < -0.4 is 10.4 Å². The maximum atomic E-state index is 11.5. The summed E-state index contributed by atoms with van der Waals surface area (Å²) in [5, 5.41) is 16.4. The number of nitro groups is 1. The summed E-state index contributed by atoms with van der Waals surface area (Å²) in [5.74, 6) is 0.0821. The summed E-state index contributed by atoms with van der Waals surface area (Å²) in [6.45, 7) is 0. The number of fused-ring (bicyclic) bond motifs is 4. The van der Waals surface area contributed by atoms with Gasteiger partial charge in [0.2, 0.25) is 0 Å². The van der Waals surface area contributed by atoms with Crippen LogP contribution in [0.4, 0.5) is 5.69 Å². The zero-order valence-corrected chi connectivity index (χ0v) is 11.6. The van der Waals surface area contributed by atoms with Gasteiger partial charge in [0.15, 0.2) is 5.78 Å². The molecule has 0 atom stereocenters. The Bertz CT molecular complexity index is 1100. The monoisotopic (exact) mass is 289 g/mol. The minimum absolute atomic E-state index is 0.0821. The van der Waals surface area contributed by atoms with E-state index in [2.05, 4.69) is 0 Å². The highest BCUT2D eigenvalue weighted by molar-refractivity contribution is 6.13. The molecular formula is C18H11NO3. The van der Waals surface area contributed by atoms with E-state index in [0.29, 0.717) is 11.8 Å². The van der Waals surface area contributed by atoms with Crippen molar-refractivity contribution in [1.29, 1.82) is 0 Å². The molecule has 3 aromatic rings. The fourth-order valence-electron chi connectivity index (χ4n) is 3.07. The second-order valence-electron chi connectivity index (χ2n) is 5.42. The van der Waals surface area contributed by atoms with E-state index in [1.54, 1.807) is 12.1 Å². The van der Waals surface area contributed by atoms with Crippen molar-refractivity contribution in [2.24, 2.45) is 0 Å². The zero-order valence-electron chi connectivity index (χ0n) is 11.6. The molecular weight excluding hydrogens is 278 g/mol. The summed E-state index contributed by atoms with van der Waals surface area (Å²) in [7, 11) is 0. The van der Waals surface area contributed by atoms with Gasteiger partial charge < -0.3 is 0 Å². The number of nitro benzene ring substituents is 1. The quantitative estimate of drug-likeness (QED) is 0.393. The summed E-state index contributed by atoms with van der Waals surface area (Å²) in [6.07, 6.45) is 3.90. The third-order valence-corrected chi connectivity index (χ3v) is 4.08. The summed E-state index contributed by atoms with van der Waals surface area (Å²) in [6, 6.07) is 12.8. The highest BCUT2D eigenvalue weighted by atomic mass is 16.6. The van der Waals surface area contributed by atoms with Crippen LogP contribution in [-0.2, 0) is 4.79 Å². The number of carbonyl (C=O) groups is 1. The lowest BCUT2D eigenvalue weighted by molar-refractivity contribution is -0.383. The van der Waals surface area contributed by atoms with Gasteiger partial charge in [-0.25, -0.2) is 0 Å². The maximum absolute atomic E-state index is 11.5. The molecule has 0 amide bonds. The van der Waals surface area contributed by atoms with Crippen LogP contribution >= 0.6 is 0 Å². The van der Waals surface area contributed by atoms with E-state index < -0.39 is 0 Å². The molecule has 0 aromatic heterocycles. The van der Waals surface area contributed by atoms with Gasteiger partial charge in [-0.2, -0.15) is 0 Å². The fourth-order valence-corrected chi connectivity index (χ4v) is 3.07. The molecule has 0 N–H and O–H groups in total. The number of benzene rings is 3. The normalized spacial score (nSPS) is 13.5. The van der Waals surface area contributed by atoms with E-state index in [1.807, 2.05) is 36.4 Å². The first-order chi connectivity index (χ1) is 10.6. The van der Waals surface area contributed by atoms with Gasteiger partial charge in [0.05, 0.1) is 10.3 Å². The molecule has 4 heteroatoms. The van der Waals surface area contributed by atoms with Crippen molar-refractivity contribution in [2.75, 3.05) is 0 Å². The lowest BCUT2D eigenvalue weighted by Gasteiger charge is -2.07. The van der Waals surface area contributed by atoms with Crippen LogP contribution in [-0.4, -0.2) is 10.7 Å². The maximum Gasteiger partial charge on any atom is 0.277 e. The topological polar surface area (TPSA) is 60.2 Å². The molecule has 0 fully saturated rings. The second-order valence-corrected chi connectivity index (χ2v) is 5.42. The van der Waals surface area contributed by atoms with Gasteiger partial charge in [0.1, 0.15) is 0 Å². The first-order valence-electron chi connectivity index (χ1n) is 6.98. The van der Waals surface area contributed by atoms with E-state index >= 15 is 0 Å². The number of ketones is 1. The van der Waals surface area contributed by atoms with Gasteiger partial charge in [-0.15, -0.1) is 0 Å². The number of hydrogen-bond donors (Lipinski definition) is 0. The van der Waals surface area contributed by atoms with Crippen LogP contribution in [0.1, 0.15) is 6.42 Å². The molecule has 3 aromatic carbocycles. The summed E-state index contributed by atoms with van der Waals surface area (Å²) in [4.78, 5) is 22.5. The van der Waals surface area contributed by atoms with Gasteiger partial charge in [0, 0.05) is 12.5 Å². The average Bonchev–Trinajstić information content (AvgIpc) is 2.52. The van der Waals surface area contributed by atoms with Crippen molar-refractivity contribution in [1.82, 2.24) is 0 Å². The van der Waals surface area contributed by atoms with Gasteiger partial charge in [0.25, 0.3) is 5.69 Å². The lowest BCUT2D eigenvalue weighted by Crippen LogP contribution is -2.28. The summed E-state index contributed by atoms with van der Waals surface area (Å²) < 4.78 is 0. The Hall–Kier alpha value is -3.01. The van der Waals surface area contributed by atoms with E-state index in [9.17, 15) is 14.9 Å². The third kappa shape index (κ3) is 1.81. The smallest absolute Gasteiger partial charge is 0.277 e. The molecule has 4 rings (SSSR count). The van der Waals surface area contributed by atoms with Crippen molar-refractivity contribution in [2.45, 2.75) is 6.42 Å². The summed E-state index contributed by atoms with van der Waals surface area (Å²) in [5.41, 5.74) is 0.110. The predicted octanol–water partition coefficient (Wildman–Crippen LogP) is 2.44. The SMILES string of the molecule is O=C1C=c2cc3ccc4cccc([N+](=O)[O-])c4c3cc2=CC1. The van der Waals surface area contributed by atoms with E-state index in [0.717, 1.165) is 26.6 Å². The molecule has 0 radical (unpaired) electrons. The fraction of sp³-hybridized carbons (Fsp3) is 0.0556. The van der Waals surface area contributed by atoms with Crippen LogP contribution in [0.25, 0.3) is 33.7 Å². The zero-order chi connectivity index (χ0) is 15.3. The van der Waals surface area contributed by atoms with Crippen LogP contribution in [0.5, 0.6) is 0 Å². The Labute approximate surface area is 125 Å². The van der Waals surface area contributed by atoms with E-state index in [-0.39, 0.29) is 16.4 Å². The molecule has 0 unspecified atom stereocenters. The predicted molar refractivity (Wildman–Crippen MR) is 85.9 cm³/mol. The first-order valence-corrected chi connectivity index (χ1v) is 6.98. The minimum Gasteiger partial charge on any atom is -0.294 e. The first kappa shape index (κ1) is 12.7. The highest BCUT2D eigenvalue weighted by Gasteiger charge is 2.14.